The molecule has 1 aromatic rings. The average molecular weight is 238 g/mol. The van der Waals surface area contributed by atoms with E-state index in [0.29, 0.717) is 12.2 Å². The van der Waals surface area contributed by atoms with E-state index in [-0.39, 0.29) is 0 Å². The predicted octanol–water partition coefficient (Wildman–Crippen LogP) is 1.73. The van der Waals surface area contributed by atoms with E-state index in [9.17, 15) is 10.2 Å². The molecule has 0 unspecified atom stereocenters. The van der Waals surface area contributed by atoms with Crippen molar-refractivity contribution in [2.75, 3.05) is 18.0 Å². The minimum atomic E-state index is -0.737. The number of aliphatic hydroxyl groups is 2. The zero-order chi connectivity index (χ0) is 13.1. The van der Waals surface area contributed by atoms with Crippen LogP contribution in [0.2, 0.25) is 0 Å². The molecule has 96 valence electrons. The van der Waals surface area contributed by atoms with Crippen molar-refractivity contribution < 1.29 is 10.2 Å². The highest BCUT2D eigenvalue weighted by Gasteiger charge is 2.17. The SMILES string of the molecule is CCN(CC(C)(C)O)c1ccc([C@H](C)O)nc1. The van der Waals surface area contributed by atoms with Gasteiger partial charge in [-0.15, -0.1) is 0 Å². The fourth-order valence-electron chi connectivity index (χ4n) is 1.68. The Labute approximate surface area is 103 Å². The number of hydrogen-bond donors (Lipinski definition) is 2. The largest absolute Gasteiger partial charge is 0.389 e. The Morgan fingerprint density at radius 2 is 2.06 bits per heavy atom. The van der Waals surface area contributed by atoms with Gasteiger partial charge in [-0.25, -0.2) is 0 Å². The van der Waals surface area contributed by atoms with E-state index in [1.165, 1.54) is 0 Å². The highest BCUT2D eigenvalue weighted by molar-refractivity contribution is 5.45. The third-order valence-electron chi connectivity index (χ3n) is 2.52. The topological polar surface area (TPSA) is 56.6 Å². The summed E-state index contributed by atoms with van der Waals surface area (Å²) in [6.07, 6.45) is 1.19. The molecule has 0 amide bonds. The Morgan fingerprint density at radius 1 is 1.41 bits per heavy atom. The van der Waals surface area contributed by atoms with Gasteiger partial charge in [0.15, 0.2) is 0 Å². The van der Waals surface area contributed by atoms with Crippen LogP contribution in [0.5, 0.6) is 0 Å². The smallest absolute Gasteiger partial charge is 0.0931 e. The maximum absolute atomic E-state index is 9.82. The third-order valence-corrected chi connectivity index (χ3v) is 2.52. The molecule has 0 aliphatic carbocycles. The first kappa shape index (κ1) is 13.9. The van der Waals surface area contributed by atoms with E-state index in [1.54, 1.807) is 27.0 Å². The van der Waals surface area contributed by atoms with E-state index >= 15 is 0 Å². The van der Waals surface area contributed by atoms with Crippen molar-refractivity contribution in [1.29, 1.82) is 0 Å². The van der Waals surface area contributed by atoms with Crippen LogP contribution in [0.15, 0.2) is 18.3 Å². The highest BCUT2D eigenvalue weighted by Crippen LogP contribution is 2.18. The molecule has 0 bridgehead atoms. The standard InChI is InChI=1S/C13H22N2O2/c1-5-15(9-13(3,4)17)11-6-7-12(10(2)16)14-8-11/h6-8,10,16-17H,5,9H2,1-4H3/t10-/m0/s1. The Kier molecular flexibility index (Phi) is 4.48. The van der Waals surface area contributed by atoms with E-state index in [2.05, 4.69) is 9.88 Å². The lowest BCUT2D eigenvalue weighted by molar-refractivity contribution is 0.0875. The van der Waals surface area contributed by atoms with Crippen LogP contribution in [-0.4, -0.2) is 33.9 Å². The summed E-state index contributed by atoms with van der Waals surface area (Å²) in [4.78, 5) is 6.26. The molecule has 0 spiro atoms. The third kappa shape index (κ3) is 4.32. The van der Waals surface area contributed by atoms with Crippen LogP contribution in [0, 0.1) is 0 Å². The fourth-order valence-corrected chi connectivity index (χ4v) is 1.68. The minimum absolute atomic E-state index is 0.548. The van der Waals surface area contributed by atoms with Crippen LogP contribution in [0.1, 0.15) is 39.5 Å². The number of anilines is 1. The molecule has 1 aromatic heterocycles. The highest BCUT2D eigenvalue weighted by atomic mass is 16.3. The van der Waals surface area contributed by atoms with Crippen LogP contribution >= 0.6 is 0 Å². The Bertz CT molecular complexity index is 341. The second-order valence-corrected chi connectivity index (χ2v) is 4.94. The molecule has 0 aromatic carbocycles. The van der Waals surface area contributed by atoms with Gasteiger partial charge in [0, 0.05) is 13.1 Å². The number of nitrogens with zero attached hydrogens (tertiary/aromatic N) is 2. The van der Waals surface area contributed by atoms with E-state index < -0.39 is 11.7 Å². The van der Waals surface area contributed by atoms with Crippen LogP contribution in [0.3, 0.4) is 0 Å². The fraction of sp³-hybridized carbons (Fsp3) is 0.615. The van der Waals surface area contributed by atoms with Crippen LogP contribution < -0.4 is 4.90 Å². The molecule has 0 saturated heterocycles. The number of likely N-dealkylation sites (N-methyl/N-ethyl adjacent to an activating group) is 1. The van der Waals surface area contributed by atoms with Crippen molar-refractivity contribution in [1.82, 2.24) is 4.98 Å². The molecular weight excluding hydrogens is 216 g/mol. The molecule has 0 saturated carbocycles. The van der Waals surface area contributed by atoms with E-state index in [0.717, 1.165) is 12.2 Å². The molecule has 4 heteroatoms. The molecule has 1 atom stereocenters. The normalized spacial score (nSPS) is 13.5. The maximum atomic E-state index is 9.82. The minimum Gasteiger partial charge on any atom is -0.389 e. The molecule has 0 aliphatic heterocycles. The number of aromatic nitrogens is 1. The van der Waals surface area contributed by atoms with Gasteiger partial charge in [-0.3, -0.25) is 4.98 Å². The van der Waals surface area contributed by atoms with Crippen LogP contribution in [0.4, 0.5) is 5.69 Å². The molecule has 0 fully saturated rings. The average Bonchev–Trinajstić information content (AvgIpc) is 2.25. The first-order chi connectivity index (χ1) is 7.83. The predicted molar refractivity (Wildman–Crippen MR) is 69.1 cm³/mol. The first-order valence-corrected chi connectivity index (χ1v) is 5.95. The molecule has 0 radical (unpaired) electrons. The van der Waals surface area contributed by atoms with Crippen molar-refractivity contribution in [3.8, 4) is 0 Å². The molecule has 17 heavy (non-hydrogen) atoms. The summed E-state index contributed by atoms with van der Waals surface area (Å²) in [7, 11) is 0. The van der Waals surface area contributed by atoms with Gasteiger partial charge < -0.3 is 15.1 Å². The van der Waals surface area contributed by atoms with Crippen molar-refractivity contribution in [3.05, 3.63) is 24.0 Å². The summed E-state index contributed by atoms with van der Waals surface area (Å²) in [5, 5.41) is 19.2. The zero-order valence-corrected chi connectivity index (χ0v) is 11.0. The Morgan fingerprint density at radius 3 is 2.41 bits per heavy atom. The molecule has 1 heterocycles. The van der Waals surface area contributed by atoms with Gasteiger partial charge in [0.2, 0.25) is 0 Å². The molecule has 2 N–H and O–H groups in total. The summed E-state index contributed by atoms with van der Waals surface area (Å²) in [5.74, 6) is 0. The monoisotopic (exact) mass is 238 g/mol. The van der Waals surface area contributed by atoms with Crippen LogP contribution in [0.25, 0.3) is 0 Å². The summed E-state index contributed by atoms with van der Waals surface area (Å²) >= 11 is 0. The van der Waals surface area contributed by atoms with Gasteiger partial charge in [-0.2, -0.15) is 0 Å². The number of rotatable bonds is 5. The van der Waals surface area contributed by atoms with Crippen molar-refractivity contribution in [2.24, 2.45) is 0 Å². The lowest BCUT2D eigenvalue weighted by Gasteiger charge is -2.29. The van der Waals surface area contributed by atoms with Crippen LogP contribution in [-0.2, 0) is 0 Å². The van der Waals surface area contributed by atoms with Gasteiger partial charge in [0.25, 0.3) is 0 Å². The molecule has 0 aliphatic rings. The molecular formula is C13H22N2O2. The van der Waals surface area contributed by atoms with Crippen molar-refractivity contribution in [2.45, 2.75) is 39.4 Å². The lowest BCUT2D eigenvalue weighted by atomic mass is 10.1. The van der Waals surface area contributed by atoms with E-state index in [1.807, 2.05) is 19.1 Å². The van der Waals surface area contributed by atoms with Crippen molar-refractivity contribution in [3.63, 3.8) is 0 Å². The van der Waals surface area contributed by atoms with Gasteiger partial charge in [-0.05, 0) is 39.8 Å². The lowest BCUT2D eigenvalue weighted by Crippen LogP contribution is -2.38. The van der Waals surface area contributed by atoms with Gasteiger partial charge in [-0.1, -0.05) is 0 Å². The number of hydrogen-bond acceptors (Lipinski definition) is 4. The first-order valence-electron chi connectivity index (χ1n) is 5.95. The Balaban J connectivity index is 2.82. The number of pyridine rings is 1. The quantitative estimate of drug-likeness (QED) is 0.820. The summed E-state index contributed by atoms with van der Waals surface area (Å²) in [6, 6.07) is 3.73. The number of aliphatic hydroxyl groups excluding tert-OH is 1. The van der Waals surface area contributed by atoms with Gasteiger partial charge in [0.05, 0.1) is 29.3 Å². The van der Waals surface area contributed by atoms with E-state index in [4.69, 9.17) is 0 Å². The molecule has 4 nitrogen and oxygen atoms in total. The summed E-state index contributed by atoms with van der Waals surface area (Å²) in [6.45, 7) is 8.66. The Hall–Kier alpha value is -1.13. The second-order valence-electron chi connectivity index (χ2n) is 4.94. The van der Waals surface area contributed by atoms with Crippen molar-refractivity contribution >= 4 is 5.69 Å². The second kappa shape index (κ2) is 5.47. The van der Waals surface area contributed by atoms with Gasteiger partial charge in [0.1, 0.15) is 0 Å². The molecule has 1 rings (SSSR count). The summed E-state index contributed by atoms with van der Waals surface area (Å²) < 4.78 is 0. The van der Waals surface area contributed by atoms with Gasteiger partial charge >= 0.3 is 0 Å². The zero-order valence-electron chi connectivity index (χ0n) is 11.0. The summed E-state index contributed by atoms with van der Waals surface area (Å²) in [5.41, 5.74) is 0.881. The maximum Gasteiger partial charge on any atom is 0.0931 e.